The number of hydrogen-bond acceptors (Lipinski definition) is 7. The number of thioether (sulfide) groups is 2. The van der Waals surface area contributed by atoms with E-state index < -0.39 is 0 Å². The molecule has 2 aliphatic heterocycles. The van der Waals surface area contributed by atoms with Gasteiger partial charge in [-0.15, -0.1) is 11.8 Å². The normalized spacial score (nSPS) is 35.7. The van der Waals surface area contributed by atoms with E-state index in [-0.39, 0.29) is 12.2 Å². The molecule has 19 heavy (non-hydrogen) atoms. The van der Waals surface area contributed by atoms with Gasteiger partial charge in [0, 0.05) is 23.3 Å². The molecule has 0 aliphatic carbocycles. The van der Waals surface area contributed by atoms with E-state index >= 15 is 0 Å². The van der Waals surface area contributed by atoms with Crippen LogP contribution in [0.3, 0.4) is 0 Å². The van der Waals surface area contributed by atoms with Crippen LogP contribution in [-0.4, -0.2) is 39.5 Å². The van der Waals surface area contributed by atoms with E-state index in [2.05, 4.69) is 17.1 Å². The molecule has 2 N–H and O–H groups in total. The molecule has 0 amide bonds. The molecule has 3 heterocycles. The summed E-state index contributed by atoms with van der Waals surface area (Å²) in [5.74, 6) is 3.80. The fourth-order valence-corrected chi connectivity index (χ4v) is 5.15. The maximum absolute atomic E-state index is 5.79. The standard InChI is InChI=1S/C12H19N3O2S2/c1-7-10(19-5-4-18-7)11-14-12(17-15-11)9-3-2-8(6-13)16-9/h7-10H,2-6,13H2,1H3. The minimum absolute atomic E-state index is 0.0636. The molecule has 2 fully saturated rings. The maximum Gasteiger partial charge on any atom is 0.255 e. The molecule has 7 heteroatoms. The Hall–Kier alpha value is -0.240. The van der Waals surface area contributed by atoms with Gasteiger partial charge in [0.2, 0.25) is 0 Å². The van der Waals surface area contributed by atoms with Gasteiger partial charge in [-0.1, -0.05) is 12.1 Å². The van der Waals surface area contributed by atoms with Crippen LogP contribution in [0, 0.1) is 0 Å². The van der Waals surface area contributed by atoms with E-state index in [0.29, 0.717) is 22.9 Å². The molecule has 0 aromatic carbocycles. The van der Waals surface area contributed by atoms with Gasteiger partial charge in [-0.05, 0) is 12.8 Å². The lowest BCUT2D eigenvalue weighted by Gasteiger charge is -2.24. The second-order valence-electron chi connectivity index (χ2n) is 4.92. The minimum Gasteiger partial charge on any atom is -0.364 e. The highest BCUT2D eigenvalue weighted by Gasteiger charge is 2.33. The Balaban J connectivity index is 1.69. The minimum atomic E-state index is -0.0636. The molecule has 106 valence electrons. The Labute approximate surface area is 121 Å². The highest BCUT2D eigenvalue weighted by molar-refractivity contribution is 8.06. The van der Waals surface area contributed by atoms with Crippen LogP contribution < -0.4 is 5.73 Å². The molecule has 0 spiro atoms. The van der Waals surface area contributed by atoms with Crippen molar-refractivity contribution in [2.45, 2.75) is 42.5 Å². The maximum atomic E-state index is 5.79. The van der Waals surface area contributed by atoms with Crippen LogP contribution in [0.25, 0.3) is 0 Å². The fraction of sp³-hybridized carbons (Fsp3) is 0.833. The quantitative estimate of drug-likeness (QED) is 0.917. The third-order valence-corrected chi connectivity index (χ3v) is 6.63. The topological polar surface area (TPSA) is 74.2 Å². The molecule has 0 radical (unpaired) electrons. The summed E-state index contributed by atoms with van der Waals surface area (Å²) in [6.45, 7) is 2.79. The van der Waals surface area contributed by atoms with Crippen LogP contribution in [-0.2, 0) is 4.74 Å². The van der Waals surface area contributed by atoms with Crippen LogP contribution >= 0.6 is 23.5 Å². The molecule has 3 rings (SSSR count). The number of nitrogens with two attached hydrogens (primary N) is 1. The van der Waals surface area contributed by atoms with Gasteiger partial charge in [-0.3, -0.25) is 0 Å². The average molecular weight is 301 g/mol. The first-order chi connectivity index (χ1) is 9.28. The van der Waals surface area contributed by atoms with Gasteiger partial charge in [-0.25, -0.2) is 0 Å². The first-order valence-electron chi connectivity index (χ1n) is 6.70. The summed E-state index contributed by atoms with van der Waals surface area (Å²) in [7, 11) is 0. The lowest BCUT2D eigenvalue weighted by molar-refractivity contribution is 0.0307. The van der Waals surface area contributed by atoms with Crippen LogP contribution in [0.4, 0.5) is 0 Å². The Morgan fingerprint density at radius 2 is 2.16 bits per heavy atom. The number of ether oxygens (including phenoxy) is 1. The van der Waals surface area contributed by atoms with Crippen molar-refractivity contribution in [3.63, 3.8) is 0 Å². The highest BCUT2D eigenvalue weighted by Crippen LogP contribution is 2.42. The zero-order valence-electron chi connectivity index (χ0n) is 10.9. The predicted molar refractivity (Wildman–Crippen MR) is 77.3 cm³/mol. The van der Waals surface area contributed by atoms with Gasteiger partial charge >= 0.3 is 0 Å². The number of rotatable bonds is 3. The zero-order chi connectivity index (χ0) is 13.2. The summed E-state index contributed by atoms with van der Waals surface area (Å²) >= 11 is 3.89. The van der Waals surface area contributed by atoms with Gasteiger partial charge in [0.25, 0.3) is 5.89 Å². The molecule has 4 unspecified atom stereocenters. The van der Waals surface area contributed by atoms with Gasteiger partial charge in [0.1, 0.15) is 6.10 Å². The summed E-state index contributed by atoms with van der Waals surface area (Å²) in [5.41, 5.74) is 5.62. The van der Waals surface area contributed by atoms with Gasteiger partial charge in [0.15, 0.2) is 5.82 Å². The molecular weight excluding hydrogens is 282 g/mol. The van der Waals surface area contributed by atoms with Crippen LogP contribution in [0.5, 0.6) is 0 Å². The lowest BCUT2D eigenvalue weighted by Crippen LogP contribution is -2.19. The summed E-state index contributed by atoms with van der Waals surface area (Å²) in [6, 6.07) is 0. The number of nitrogens with zero attached hydrogens (tertiary/aromatic N) is 2. The van der Waals surface area contributed by atoms with E-state index in [0.717, 1.165) is 24.4 Å². The predicted octanol–water partition coefficient (Wildman–Crippen LogP) is 2.16. The van der Waals surface area contributed by atoms with Crippen molar-refractivity contribution in [3.8, 4) is 0 Å². The second-order valence-corrected chi connectivity index (χ2v) is 7.65. The molecule has 2 aliphatic rings. The van der Waals surface area contributed by atoms with E-state index in [1.54, 1.807) is 0 Å². The average Bonchev–Trinajstić information content (AvgIpc) is 3.08. The largest absolute Gasteiger partial charge is 0.364 e. The first kappa shape index (κ1) is 13.7. The lowest BCUT2D eigenvalue weighted by atomic mass is 10.2. The van der Waals surface area contributed by atoms with Crippen LogP contribution in [0.15, 0.2) is 4.52 Å². The van der Waals surface area contributed by atoms with Gasteiger partial charge in [-0.2, -0.15) is 16.7 Å². The smallest absolute Gasteiger partial charge is 0.255 e. The Morgan fingerprint density at radius 3 is 2.89 bits per heavy atom. The third kappa shape index (κ3) is 2.94. The summed E-state index contributed by atoms with van der Waals surface area (Å²) in [4.78, 5) is 4.56. The van der Waals surface area contributed by atoms with Gasteiger partial charge < -0.3 is 15.0 Å². The monoisotopic (exact) mass is 301 g/mol. The van der Waals surface area contributed by atoms with E-state index in [9.17, 15) is 0 Å². The molecule has 0 bridgehead atoms. The Bertz CT molecular complexity index is 429. The highest BCUT2D eigenvalue weighted by atomic mass is 32.2. The van der Waals surface area contributed by atoms with Crippen LogP contribution in [0.2, 0.25) is 0 Å². The molecule has 1 aromatic heterocycles. The Kier molecular flexibility index (Phi) is 4.36. The van der Waals surface area contributed by atoms with E-state index in [4.69, 9.17) is 15.0 Å². The Morgan fingerprint density at radius 1 is 1.32 bits per heavy atom. The molecule has 2 saturated heterocycles. The number of aromatic nitrogens is 2. The fourth-order valence-electron chi connectivity index (χ4n) is 2.47. The van der Waals surface area contributed by atoms with Crippen molar-refractivity contribution in [2.75, 3.05) is 18.1 Å². The molecule has 1 aromatic rings. The molecular formula is C12H19N3O2S2. The molecule has 0 saturated carbocycles. The SMILES string of the molecule is CC1SCCSC1c1noc(C2CCC(CN)O2)n1. The van der Waals surface area contributed by atoms with Crippen molar-refractivity contribution >= 4 is 23.5 Å². The van der Waals surface area contributed by atoms with Gasteiger partial charge in [0.05, 0.1) is 11.4 Å². The summed E-state index contributed by atoms with van der Waals surface area (Å²) < 4.78 is 11.2. The van der Waals surface area contributed by atoms with Crippen molar-refractivity contribution < 1.29 is 9.26 Å². The zero-order valence-corrected chi connectivity index (χ0v) is 12.6. The van der Waals surface area contributed by atoms with Crippen molar-refractivity contribution in [1.29, 1.82) is 0 Å². The van der Waals surface area contributed by atoms with Crippen LogP contribution in [0.1, 0.15) is 42.8 Å². The van der Waals surface area contributed by atoms with Crippen molar-refractivity contribution in [2.24, 2.45) is 5.73 Å². The second kappa shape index (κ2) is 6.03. The summed E-state index contributed by atoms with van der Waals surface area (Å²) in [5, 5.41) is 5.02. The summed E-state index contributed by atoms with van der Waals surface area (Å²) in [6.07, 6.45) is 1.97. The molecule has 5 nitrogen and oxygen atoms in total. The van der Waals surface area contributed by atoms with E-state index in [1.165, 1.54) is 5.75 Å². The number of hydrogen-bond donors (Lipinski definition) is 1. The molecule has 4 atom stereocenters. The van der Waals surface area contributed by atoms with E-state index in [1.807, 2.05) is 23.5 Å². The third-order valence-electron chi connectivity index (χ3n) is 3.55. The van der Waals surface area contributed by atoms with Crippen molar-refractivity contribution in [1.82, 2.24) is 10.1 Å². The van der Waals surface area contributed by atoms with Crippen molar-refractivity contribution in [3.05, 3.63) is 11.7 Å². The first-order valence-corrected chi connectivity index (χ1v) is 8.80.